The van der Waals surface area contributed by atoms with E-state index in [1.165, 1.54) is 11.8 Å². The summed E-state index contributed by atoms with van der Waals surface area (Å²) in [4.78, 5) is 44.2. The van der Waals surface area contributed by atoms with Gasteiger partial charge in [0.15, 0.2) is 0 Å². The van der Waals surface area contributed by atoms with Crippen LogP contribution in [-0.4, -0.2) is 34.6 Å². The molecule has 0 fully saturated rings. The molecule has 1 unspecified atom stereocenters. The summed E-state index contributed by atoms with van der Waals surface area (Å²) in [5, 5.41) is 8.11. The first-order chi connectivity index (χ1) is 20.4. The number of carbonyl (C=O) groups excluding carboxylic acids is 3. The molecule has 0 saturated carbocycles. The topological polar surface area (TPSA) is 109 Å². The molecule has 0 aliphatic carbocycles. The average Bonchev–Trinajstić information content (AvgIpc) is 3.01. The van der Waals surface area contributed by atoms with Gasteiger partial charge in [0, 0.05) is 22.3 Å². The lowest BCUT2D eigenvalue weighted by molar-refractivity contribution is -0.116. The van der Waals surface area contributed by atoms with Gasteiger partial charge in [-0.1, -0.05) is 49.4 Å². The van der Waals surface area contributed by atoms with Gasteiger partial charge in [-0.05, 0) is 79.6 Å². The van der Waals surface area contributed by atoms with Crippen LogP contribution in [0.25, 0.3) is 6.08 Å². The maximum Gasteiger partial charge on any atom is 0.272 e. The van der Waals surface area contributed by atoms with Crippen LogP contribution < -0.4 is 20.7 Å². The predicted molar refractivity (Wildman–Crippen MR) is 167 cm³/mol. The van der Waals surface area contributed by atoms with Crippen LogP contribution in [0.5, 0.6) is 5.75 Å². The molecule has 4 rings (SSSR count). The number of pyridine rings is 1. The Hall–Kier alpha value is -4.89. The standard InChI is InChI=1S/C33H32N4O4S/c1-3-29(33(40)37-30-15-8-9-20-34-30)42-27-14-10-13-25(22-27)35-32(39)28(36-31(38)24-11-6-5-7-12-24)21-23-16-18-26(19-17-23)41-4-2/h5-22,29H,3-4H2,1-2H3,(H,35,39)(H,36,38)(H,34,37,40)/b28-21+. The molecule has 8 nitrogen and oxygen atoms in total. The SMILES string of the molecule is CCOc1ccc(/C=C(/NC(=O)c2ccccc2)C(=O)Nc2cccc(SC(CC)C(=O)Nc3ccccn3)c2)cc1. The van der Waals surface area contributed by atoms with Gasteiger partial charge in [-0.15, -0.1) is 11.8 Å². The van der Waals surface area contributed by atoms with Crippen LogP contribution in [0, 0.1) is 0 Å². The number of amides is 3. The lowest BCUT2D eigenvalue weighted by Gasteiger charge is -2.15. The number of benzene rings is 3. The molecule has 0 saturated heterocycles. The van der Waals surface area contributed by atoms with Crippen LogP contribution in [0.4, 0.5) is 11.5 Å². The van der Waals surface area contributed by atoms with Crippen molar-refractivity contribution < 1.29 is 19.1 Å². The molecule has 0 aliphatic heterocycles. The first kappa shape index (κ1) is 30.1. The summed E-state index contributed by atoms with van der Waals surface area (Å²) < 4.78 is 5.51. The minimum absolute atomic E-state index is 0.0762. The van der Waals surface area contributed by atoms with E-state index in [0.29, 0.717) is 41.4 Å². The fourth-order valence-corrected chi connectivity index (χ4v) is 4.92. The zero-order chi connectivity index (χ0) is 29.7. The van der Waals surface area contributed by atoms with Crippen molar-refractivity contribution in [2.24, 2.45) is 0 Å². The number of hydrogen-bond acceptors (Lipinski definition) is 6. The molecule has 3 N–H and O–H groups in total. The summed E-state index contributed by atoms with van der Waals surface area (Å²) in [7, 11) is 0. The van der Waals surface area contributed by atoms with E-state index in [1.54, 1.807) is 79.0 Å². The largest absolute Gasteiger partial charge is 0.494 e. The molecular formula is C33H32N4O4S. The van der Waals surface area contributed by atoms with Gasteiger partial charge in [-0.2, -0.15) is 0 Å². The van der Waals surface area contributed by atoms with E-state index in [-0.39, 0.29) is 16.9 Å². The Morgan fingerprint density at radius 1 is 0.881 bits per heavy atom. The minimum Gasteiger partial charge on any atom is -0.494 e. The zero-order valence-electron chi connectivity index (χ0n) is 23.4. The van der Waals surface area contributed by atoms with Crippen molar-refractivity contribution in [1.29, 1.82) is 0 Å². The lowest BCUT2D eigenvalue weighted by atomic mass is 10.1. The van der Waals surface area contributed by atoms with Crippen LogP contribution >= 0.6 is 11.8 Å². The minimum atomic E-state index is -0.491. The highest BCUT2D eigenvalue weighted by molar-refractivity contribution is 8.00. The van der Waals surface area contributed by atoms with Gasteiger partial charge in [0.2, 0.25) is 5.91 Å². The Kier molecular flexibility index (Phi) is 10.9. The summed E-state index contributed by atoms with van der Waals surface area (Å²) in [6.07, 6.45) is 3.83. The normalized spacial score (nSPS) is 11.7. The third kappa shape index (κ3) is 8.81. The molecule has 0 radical (unpaired) electrons. The highest BCUT2D eigenvalue weighted by atomic mass is 32.2. The van der Waals surface area contributed by atoms with E-state index in [0.717, 1.165) is 4.90 Å². The summed E-state index contributed by atoms with van der Waals surface area (Å²) in [6.45, 7) is 4.39. The second kappa shape index (κ2) is 15.2. The molecule has 1 atom stereocenters. The van der Waals surface area contributed by atoms with Gasteiger partial charge in [0.25, 0.3) is 11.8 Å². The third-order valence-corrected chi connectivity index (χ3v) is 7.34. The first-order valence-corrected chi connectivity index (χ1v) is 14.4. The summed E-state index contributed by atoms with van der Waals surface area (Å²) in [5.41, 5.74) is 1.74. The molecule has 9 heteroatoms. The number of carbonyl (C=O) groups is 3. The molecule has 1 heterocycles. The molecule has 1 aromatic heterocycles. The monoisotopic (exact) mass is 580 g/mol. The molecule has 0 bridgehead atoms. The van der Waals surface area contributed by atoms with Crippen LogP contribution in [0.2, 0.25) is 0 Å². The average molecular weight is 581 g/mol. The Balaban J connectivity index is 1.50. The van der Waals surface area contributed by atoms with Crippen molar-refractivity contribution in [3.8, 4) is 5.75 Å². The van der Waals surface area contributed by atoms with Crippen LogP contribution in [-0.2, 0) is 9.59 Å². The van der Waals surface area contributed by atoms with Crippen LogP contribution in [0.15, 0.2) is 114 Å². The van der Waals surface area contributed by atoms with Crippen molar-refractivity contribution in [3.05, 3.63) is 120 Å². The van der Waals surface area contributed by atoms with Crippen molar-refractivity contribution in [2.45, 2.75) is 30.4 Å². The maximum atomic E-state index is 13.5. The molecule has 42 heavy (non-hydrogen) atoms. The molecule has 3 aromatic carbocycles. The Bertz CT molecular complexity index is 1530. The number of hydrogen-bond donors (Lipinski definition) is 3. The number of nitrogens with one attached hydrogen (secondary N) is 3. The quantitative estimate of drug-likeness (QED) is 0.132. The van der Waals surface area contributed by atoms with Gasteiger partial charge in [-0.25, -0.2) is 4.98 Å². The Morgan fingerprint density at radius 3 is 2.33 bits per heavy atom. The predicted octanol–water partition coefficient (Wildman–Crippen LogP) is 6.40. The van der Waals surface area contributed by atoms with Gasteiger partial charge in [0.1, 0.15) is 17.3 Å². The highest BCUT2D eigenvalue weighted by Gasteiger charge is 2.19. The van der Waals surface area contributed by atoms with Crippen molar-refractivity contribution in [2.75, 3.05) is 17.2 Å². The number of ether oxygens (including phenoxy) is 1. The summed E-state index contributed by atoms with van der Waals surface area (Å²) >= 11 is 1.39. The number of anilines is 2. The second-order valence-corrected chi connectivity index (χ2v) is 10.4. The van der Waals surface area contributed by atoms with E-state index in [1.807, 2.05) is 44.2 Å². The summed E-state index contributed by atoms with van der Waals surface area (Å²) in [6, 6.07) is 28.5. The zero-order valence-corrected chi connectivity index (χ0v) is 24.2. The smallest absolute Gasteiger partial charge is 0.272 e. The van der Waals surface area contributed by atoms with E-state index < -0.39 is 11.8 Å². The first-order valence-electron chi connectivity index (χ1n) is 13.6. The van der Waals surface area contributed by atoms with Crippen molar-refractivity contribution in [1.82, 2.24) is 10.3 Å². The van der Waals surface area contributed by atoms with Gasteiger partial charge < -0.3 is 20.7 Å². The van der Waals surface area contributed by atoms with E-state index in [2.05, 4.69) is 20.9 Å². The fourth-order valence-electron chi connectivity index (χ4n) is 3.91. The van der Waals surface area contributed by atoms with Crippen molar-refractivity contribution in [3.63, 3.8) is 0 Å². The van der Waals surface area contributed by atoms with E-state index in [9.17, 15) is 14.4 Å². The van der Waals surface area contributed by atoms with Crippen molar-refractivity contribution >= 4 is 47.1 Å². The van der Waals surface area contributed by atoms with Crippen LogP contribution in [0.3, 0.4) is 0 Å². The summed E-state index contributed by atoms with van der Waals surface area (Å²) in [5.74, 6) is 0.154. The number of aromatic nitrogens is 1. The van der Waals surface area contributed by atoms with E-state index in [4.69, 9.17) is 4.74 Å². The number of thioether (sulfide) groups is 1. The van der Waals surface area contributed by atoms with Gasteiger partial charge in [0.05, 0.1) is 11.9 Å². The molecular weight excluding hydrogens is 548 g/mol. The maximum absolute atomic E-state index is 13.5. The van der Waals surface area contributed by atoms with E-state index >= 15 is 0 Å². The molecule has 3 amide bonds. The molecule has 4 aromatic rings. The lowest BCUT2D eigenvalue weighted by Crippen LogP contribution is -2.30. The second-order valence-electron chi connectivity index (χ2n) is 9.08. The number of nitrogens with zero attached hydrogens (tertiary/aromatic N) is 1. The van der Waals surface area contributed by atoms with Crippen LogP contribution in [0.1, 0.15) is 36.2 Å². The third-order valence-electron chi connectivity index (χ3n) is 5.98. The Morgan fingerprint density at radius 2 is 1.64 bits per heavy atom. The highest BCUT2D eigenvalue weighted by Crippen LogP contribution is 2.28. The Labute approximate surface area is 249 Å². The van der Waals surface area contributed by atoms with Gasteiger partial charge in [-0.3, -0.25) is 14.4 Å². The molecule has 0 spiro atoms. The van der Waals surface area contributed by atoms with Gasteiger partial charge >= 0.3 is 0 Å². The fraction of sp³-hybridized carbons (Fsp3) is 0.152. The number of rotatable bonds is 12. The molecule has 0 aliphatic rings. The molecule has 214 valence electrons.